The molecule has 1 aliphatic carbocycles. The zero-order chi connectivity index (χ0) is 14.0. The highest BCUT2D eigenvalue weighted by Crippen LogP contribution is 2.19. The van der Waals surface area contributed by atoms with E-state index in [0.717, 1.165) is 12.8 Å². The first-order valence-corrected chi connectivity index (χ1v) is 6.45. The van der Waals surface area contributed by atoms with Gasteiger partial charge in [0.15, 0.2) is 0 Å². The molecule has 1 fully saturated rings. The summed E-state index contributed by atoms with van der Waals surface area (Å²) in [5.41, 5.74) is 0.220. The van der Waals surface area contributed by atoms with Crippen molar-refractivity contribution < 1.29 is 9.59 Å². The summed E-state index contributed by atoms with van der Waals surface area (Å²) in [5, 5.41) is 5.67. The van der Waals surface area contributed by atoms with Gasteiger partial charge in [0.25, 0.3) is 11.8 Å². The van der Waals surface area contributed by atoms with Gasteiger partial charge >= 0.3 is 0 Å². The van der Waals surface area contributed by atoms with Crippen molar-refractivity contribution in [1.82, 2.24) is 15.6 Å². The topological polar surface area (TPSA) is 71.1 Å². The molecule has 1 aromatic heterocycles. The molecule has 0 bridgehead atoms. The van der Waals surface area contributed by atoms with Crippen LogP contribution < -0.4 is 10.6 Å². The molecule has 5 heteroatoms. The number of nitrogens with zero attached hydrogens (tertiary/aromatic N) is 1. The van der Waals surface area contributed by atoms with Crippen molar-refractivity contribution >= 4 is 11.8 Å². The van der Waals surface area contributed by atoms with Gasteiger partial charge in [0, 0.05) is 11.6 Å². The predicted molar refractivity (Wildman–Crippen MR) is 71.9 cm³/mol. The van der Waals surface area contributed by atoms with Crippen molar-refractivity contribution in [3.8, 4) is 0 Å². The fourth-order valence-electron chi connectivity index (χ4n) is 1.58. The Hall–Kier alpha value is -1.91. The fourth-order valence-corrected chi connectivity index (χ4v) is 1.58. The number of nitrogens with one attached hydrogen (secondary N) is 2. The number of amides is 2. The molecule has 0 saturated heterocycles. The maximum absolute atomic E-state index is 12.0. The molecule has 0 spiro atoms. The molecule has 19 heavy (non-hydrogen) atoms. The van der Waals surface area contributed by atoms with Gasteiger partial charge in [-0.3, -0.25) is 9.59 Å². The van der Waals surface area contributed by atoms with Gasteiger partial charge in [0.05, 0.1) is 0 Å². The normalized spacial score (nSPS) is 14.9. The number of hydrogen-bond acceptors (Lipinski definition) is 3. The zero-order valence-corrected chi connectivity index (χ0v) is 11.5. The monoisotopic (exact) mass is 261 g/mol. The Morgan fingerprint density at radius 3 is 2.26 bits per heavy atom. The van der Waals surface area contributed by atoms with Crippen molar-refractivity contribution in [2.45, 2.75) is 45.2 Å². The number of pyridine rings is 1. The molecule has 1 heterocycles. The van der Waals surface area contributed by atoms with E-state index in [9.17, 15) is 9.59 Å². The van der Waals surface area contributed by atoms with E-state index in [2.05, 4.69) is 15.6 Å². The lowest BCUT2D eigenvalue weighted by Crippen LogP contribution is -2.41. The van der Waals surface area contributed by atoms with E-state index >= 15 is 0 Å². The van der Waals surface area contributed by atoms with Crippen LogP contribution in [0, 0.1) is 0 Å². The van der Waals surface area contributed by atoms with E-state index in [-0.39, 0.29) is 34.8 Å². The molecule has 0 radical (unpaired) electrons. The molecule has 0 unspecified atom stereocenters. The summed E-state index contributed by atoms with van der Waals surface area (Å²) in [5.74, 6) is -0.485. The average Bonchev–Trinajstić information content (AvgIpc) is 3.11. The second-order valence-corrected chi connectivity index (χ2v) is 5.86. The molecule has 0 aromatic carbocycles. The Morgan fingerprint density at radius 1 is 1.16 bits per heavy atom. The Morgan fingerprint density at radius 2 is 1.74 bits per heavy atom. The van der Waals surface area contributed by atoms with Gasteiger partial charge in [0.2, 0.25) is 0 Å². The third-order valence-electron chi connectivity index (χ3n) is 2.62. The van der Waals surface area contributed by atoms with E-state index in [0.29, 0.717) is 0 Å². The predicted octanol–water partition coefficient (Wildman–Crippen LogP) is 1.50. The number of aromatic nitrogens is 1. The molecule has 2 amide bonds. The molecule has 0 aliphatic heterocycles. The van der Waals surface area contributed by atoms with Crippen LogP contribution in [0.1, 0.15) is 54.6 Å². The highest BCUT2D eigenvalue weighted by Gasteiger charge is 2.25. The van der Waals surface area contributed by atoms with Crippen LogP contribution in [0.15, 0.2) is 18.2 Å². The highest BCUT2D eigenvalue weighted by atomic mass is 16.2. The standard InChI is InChI=1S/C14H19N3O2/c1-14(2,3)17-13(19)11-6-4-5-10(16-11)12(18)15-9-7-8-9/h4-6,9H,7-8H2,1-3H3,(H,15,18)(H,17,19). The van der Waals surface area contributed by atoms with E-state index in [1.807, 2.05) is 20.8 Å². The summed E-state index contributed by atoms with van der Waals surface area (Å²) in [4.78, 5) is 27.9. The van der Waals surface area contributed by atoms with Crippen LogP contribution >= 0.6 is 0 Å². The summed E-state index contributed by atoms with van der Waals surface area (Å²) in [6, 6.07) is 5.17. The first kappa shape index (κ1) is 13.5. The second-order valence-electron chi connectivity index (χ2n) is 5.86. The molecule has 1 aliphatic rings. The van der Waals surface area contributed by atoms with Crippen LogP contribution in [0.2, 0.25) is 0 Å². The maximum atomic E-state index is 12.0. The molecule has 2 rings (SSSR count). The molecular formula is C14H19N3O2. The molecule has 102 valence electrons. The SMILES string of the molecule is CC(C)(C)NC(=O)c1cccc(C(=O)NC2CC2)n1. The van der Waals surface area contributed by atoms with Gasteiger partial charge in [0.1, 0.15) is 11.4 Å². The summed E-state index contributed by atoms with van der Waals surface area (Å²) in [6.07, 6.45) is 2.05. The molecule has 0 atom stereocenters. The Labute approximate surface area is 112 Å². The Balaban J connectivity index is 2.09. The molecule has 1 saturated carbocycles. The number of hydrogen-bond donors (Lipinski definition) is 2. The van der Waals surface area contributed by atoms with Crippen molar-refractivity contribution in [1.29, 1.82) is 0 Å². The average molecular weight is 261 g/mol. The van der Waals surface area contributed by atoms with Crippen molar-refractivity contribution in [2.75, 3.05) is 0 Å². The van der Waals surface area contributed by atoms with E-state index in [1.54, 1.807) is 18.2 Å². The minimum atomic E-state index is -0.328. The third kappa shape index (κ3) is 4.05. The third-order valence-corrected chi connectivity index (χ3v) is 2.62. The van der Waals surface area contributed by atoms with Crippen molar-refractivity contribution in [2.24, 2.45) is 0 Å². The minimum absolute atomic E-state index is 0.215. The minimum Gasteiger partial charge on any atom is -0.348 e. The Bertz CT molecular complexity index is 502. The van der Waals surface area contributed by atoms with E-state index in [4.69, 9.17) is 0 Å². The lowest BCUT2D eigenvalue weighted by atomic mass is 10.1. The molecule has 1 aromatic rings. The van der Waals surface area contributed by atoms with Crippen LogP contribution in [0.25, 0.3) is 0 Å². The van der Waals surface area contributed by atoms with Crippen LogP contribution in [-0.4, -0.2) is 28.4 Å². The molecular weight excluding hydrogens is 242 g/mol. The number of carbonyl (C=O) groups excluding carboxylic acids is 2. The number of rotatable bonds is 3. The van der Waals surface area contributed by atoms with Crippen molar-refractivity contribution in [3.05, 3.63) is 29.6 Å². The van der Waals surface area contributed by atoms with E-state index in [1.165, 1.54) is 0 Å². The van der Waals surface area contributed by atoms with Gasteiger partial charge in [-0.15, -0.1) is 0 Å². The molecule has 2 N–H and O–H groups in total. The number of carbonyl (C=O) groups is 2. The fraction of sp³-hybridized carbons (Fsp3) is 0.500. The largest absolute Gasteiger partial charge is 0.348 e. The van der Waals surface area contributed by atoms with Gasteiger partial charge in [-0.1, -0.05) is 6.07 Å². The van der Waals surface area contributed by atoms with Crippen molar-refractivity contribution in [3.63, 3.8) is 0 Å². The van der Waals surface area contributed by atoms with Crippen LogP contribution in [0.5, 0.6) is 0 Å². The summed E-state index contributed by atoms with van der Waals surface area (Å²) < 4.78 is 0. The van der Waals surface area contributed by atoms with E-state index < -0.39 is 0 Å². The Kier molecular flexibility index (Phi) is 3.55. The lowest BCUT2D eigenvalue weighted by molar-refractivity contribution is 0.0914. The first-order chi connectivity index (χ1) is 8.85. The highest BCUT2D eigenvalue weighted by molar-refractivity contribution is 5.96. The van der Waals surface area contributed by atoms with Gasteiger partial charge in [-0.25, -0.2) is 4.98 Å². The zero-order valence-electron chi connectivity index (χ0n) is 11.5. The second kappa shape index (κ2) is 4.99. The van der Waals surface area contributed by atoms with Crippen LogP contribution in [0.3, 0.4) is 0 Å². The van der Waals surface area contributed by atoms with Gasteiger partial charge in [-0.05, 0) is 45.7 Å². The maximum Gasteiger partial charge on any atom is 0.270 e. The van der Waals surface area contributed by atoms with Gasteiger partial charge in [-0.2, -0.15) is 0 Å². The first-order valence-electron chi connectivity index (χ1n) is 6.45. The summed E-state index contributed by atoms with van der Waals surface area (Å²) in [7, 11) is 0. The summed E-state index contributed by atoms with van der Waals surface area (Å²) >= 11 is 0. The van der Waals surface area contributed by atoms with Crippen LogP contribution in [-0.2, 0) is 0 Å². The quantitative estimate of drug-likeness (QED) is 0.866. The molecule has 5 nitrogen and oxygen atoms in total. The van der Waals surface area contributed by atoms with Crippen LogP contribution in [0.4, 0.5) is 0 Å². The van der Waals surface area contributed by atoms with Gasteiger partial charge < -0.3 is 10.6 Å². The summed E-state index contributed by atoms with van der Waals surface area (Å²) in [6.45, 7) is 5.69. The smallest absolute Gasteiger partial charge is 0.270 e. The lowest BCUT2D eigenvalue weighted by Gasteiger charge is -2.20.